The number of thiophene rings is 1. The van der Waals surface area contributed by atoms with Gasteiger partial charge in [0, 0.05) is 16.9 Å². The first-order valence-corrected chi connectivity index (χ1v) is 7.62. The Bertz CT molecular complexity index is 590. The molecule has 0 bridgehead atoms. The Kier molecular flexibility index (Phi) is 5.51. The summed E-state index contributed by atoms with van der Waals surface area (Å²) < 4.78 is 5.39. The van der Waals surface area contributed by atoms with Crippen LogP contribution in [-0.2, 0) is 11.3 Å². The second-order valence-corrected chi connectivity index (χ2v) is 5.48. The van der Waals surface area contributed by atoms with Gasteiger partial charge in [0.05, 0.1) is 6.54 Å². The molecule has 2 rings (SSSR count). The van der Waals surface area contributed by atoms with Gasteiger partial charge in [-0.1, -0.05) is 13.0 Å². The first kappa shape index (κ1) is 15.3. The second-order valence-electron chi connectivity index (χ2n) is 4.45. The van der Waals surface area contributed by atoms with Gasteiger partial charge in [-0.15, -0.1) is 11.3 Å². The van der Waals surface area contributed by atoms with Gasteiger partial charge in [-0.05, 0) is 35.7 Å². The standard InChI is InChI=1S/C16H17NO3S/c1-2-15(18)12-5-7-13(8-6-12)20-11-16(19)17-10-14-4-3-9-21-14/h3-9H,2,10-11H2,1H3,(H,17,19). The number of Topliss-reactive ketones (excluding diaryl/α,β-unsaturated/α-hetero) is 1. The van der Waals surface area contributed by atoms with Crippen molar-refractivity contribution in [2.45, 2.75) is 19.9 Å². The maximum absolute atomic E-state index is 11.6. The maximum atomic E-state index is 11.6. The Morgan fingerprint density at radius 1 is 1.19 bits per heavy atom. The highest BCUT2D eigenvalue weighted by molar-refractivity contribution is 7.09. The van der Waals surface area contributed by atoms with E-state index in [2.05, 4.69) is 5.32 Å². The predicted octanol–water partition coefficient (Wildman–Crippen LogP) is 3.04. The zero-order valence-corrected chi connectivity index (χ0v) is 12.6. The van der Waals surface area contributed by atoms with Crippen LogP contribution in [0.25, 0.3) is 0 Å². The van der Waals surface area contributed by atoms with Crippen molar-refractivity contribution in [3.05, 3.63) is 52.2 Å². The summed E-state index contributed by atoms with van der Waals surface area (Å²) in [6.07, 6.45) is 0.478. The Morgan fingerprint density at radius 3 is 2.57 bits per heavy atom. The van der Waals surface area contributed by atoms with Gasteiger partial charge in [0.25, 0.3) is 5.91 Å². The molecule has 1 aromatic carbocycles. The fourth-order valence-corrected chi connectivity index (χ4v) is 2.38. The minimum absolute atomic E-state index is 0.0353. The lowest BCUT2D eigenvalue weighted by molar-refractivity contribution is -0.123. The number of ether oxygens (including phenoxy) is 1. The van der Waals surface area contributed by atoms with E-state index in [0.717, 1.165) is 4.88 Å². The molecule has 0 unspecified atom stereocenters. The van der Waals surface area contributed by atoms with Crippen LogP contribution in [0.5, 0.6) is 5.75 Å². The summed E-state index contributed by atoms with van der Waals surface area (Å²) in [7, 11) is 0. The number of ketones is 1. The van der Waals surface area contributed by atoms with Gasteiger partial charge >= 0.3 is 0 Å². The van der Waals surface area contributed by atoms with Crippen molar-refractivity contribution >= 4 is 23.0 Å². The molecule has 2 aromatic rings. The molecular weight excluding hydrogens is 286 g/mol. The fraction of sp³-hybridized carbons (Fsp3) is 0.250. The van der Waals surface area contributed by atoms with Crippen LogP contribution in [0, 0.1) is 0 Å². The molecule has 4 nitrogen and oxygen atoms in total. The maximum Gasteiger partial charge on any atom is 0.258 e. The van der Waals surface area contributed by atoms with E-state index >= 15 is 0 Å². The summed E-state index contributed by atoms with van der Waals surface area (Å²) in [5.41, 5.74) is 0.659. The summed E-state index contributed by atoms with van der Waals surface area (Å²) in [5, 5.41) is 4.76. The monoisotopic (exact) mass is 303 g/mol. The van der Waals surface area contributed by atoms with Crippen molar-refractivity contribution in [2.24, 2.45) is 0 Å². The van der Waals surface area contributed by atoms with Crippen molar-refractivity contribution in [1.82, 2.24) is 5.32 Å². The van der Waals surface area contributed by atoms with Crippen LogP contribution in [0.1, 0.15) is 28.6 Å². The van der Waals surface area contributed by atoms with Gasteiger partial charge in [0.1, 0.15) is 5.75 Å². The largest absolute Gasteiger partial charge is 0.484 e. The molecule has 1 N–H and O–H groups in total. The molecule has 1 heterocycles. The molecule has 0 radical (unpaired) electrons. The number of hydrogen-bond donors (Lipinski definition) is 1. The van der Waals surface area contributed by atoms with Crippen molar-refractivity contribution in [3.8, 4) is 5.75 Å². The number of hydrogen-bond acceptors (Lipinski definition) is 4. The van der Waals surface area contributed by atoms with Gasteiger partial charge < -0.3 is 10.1 Å². The third-order valence-electron chi connectivity index (χ3n) is 2.91. The molecule has 0 atom stereocenters. The SMILES string of the molecule is CCC(=O)c1ccc(OCC(=O)NCc2cccs2)cc1. The van der Waals surface area contributed by atoms with Crippen LogP contribution in [0.15, 0.2) is 41.8 Å². The topological polar surface area (TPSA) is 55.4 Å². The smallest absolute Gasteiger partial charge is 0.258 e. The van der Waals surface area contributed by atoms with Gasteiger partial charge in [-0.2, -0.15) is 0 Å². The summed E-state index contributed by atoms with van der Waals surface area (Å²) in [6, 6.07) is 10.7. The summed E-state index contributed by atoms with van der Waals surface area (Å²) in [5.74, 6) is 0.501. The van der Waals surface area contributed by atoms with Gasteiger partial charge in [0.15, 0.2) is 12.4 Å². The lowest BCUT2D eigenvalue weighted by Gasteiger charge is -2.07. The molecule has 5 heteroatoms. The fourth-order valence-electron chi connectivity index (χ4n) is 1.74. The average molecular weight is 303 g/mol. The van der Waals surface area contributed by atoms with Crippen molar-refractivity contribution in [2.75, 3.05) is 6.61 Å². The van der Waals surface area contributed by atoms with E-state index in [1.165, 1.54) is 0 Å². The van der Waals surface area contributed by atoms with Gasteiger partial charge in [-0.25, -0.2) is 0 Å². The van der Waals surface area contributed by atoms with E-state index in [1.54, 1.807) is 35.6 Å². The molecule has 0 fully saturated rings. The molecule has 0 saturated heterocycles. The summed E-state index contributed by atoms with van der Waals surface area (Å²) >= 11 is 1.60. The zero-order valence-electron chi connectivity index (χ0n) is 11.8. The molecule has 0 aliphatic heterocycles. The Balaban J connectivity index is 1.77. The van der Waals surface area contributed by atoms with Gasteiger partial charge in [0.2, 0.25) is 0 Å². The molecule has 110 valence electrons. The van der Waals surface area contributed by atoms with E-state index < -0.39 is 0 Å². The molecule has 21 heavy (non-hydrogen) atoms. The van der Waals surface area contributed by atoms with E-state index in [4.69, 9.17) is 4.74 Å². The van der Waals surface area contributed by atoms with Crippen molar-refractivity contribution in [1.29, 1.82) is 0 Å². The number of rotatable bonds is 7. The van der Waals surface area contributed by atoms with Crippen LogP contribution in [0.2, 0.25) is 0 Å². The number of benzene rings is 1. The lowest BCUT2D eigenvalue weighted by Crippen LogP contribution is -2.28. The first-order chi connectivity index (χ1) is 10.2. The van der Waals surface area contributed by atoms with E-state index in [9.17, 15) is 9.59 Å². The number of carbonyl (C=O) groups is 2. The normalized spacial score (nSPS) is 10.1. The van der Waals surface area contributed by atoms with E-state index in [0.29, 0.717) is 24.3 Å². The summed E-state index contributed by atoms with van der Waals surface area (Å²) in [4.78, 5) is 24.2. The number of carbonyl (C=O) groups excluding carboxylic acids is 2. The average Bonchev–Trinajstić information content (AvgIpc) is 3.04. The third kappa shape index (κ3) is 4.72. The van der Waals surface area contributed by atoms with Crippen LogP contribution in [0.4, 0.5) is 0 Å². The molecule has 1 amide bonds. The Labute approximate surface area is 127 Å². The highest BCUT2D eigenvalue weighted by atomic mass is 32.1. The second kappa shape index (κ2) is 7.59. The quantitative estimate of drug-likeness (QED) is 0.800. The van der Waals surface area contributed by atoms with Crippen LogP contribution < -0.4 is 10.1 Å². The van der Waals surface area contributed by atoms with Crippen LogP contribution in [0.3, 0.4) is 0 Å². The van der Waals surface area contributed by atoms with Crippen molar-refractivity contribution < 1.29 is 14.3 Å². The molecule has 0 aliphatic rings. The predicted molar refractivity (Wildman–Crippen MR) is 82.7 cm³/mol. The minimum atomic E-state index is -0.169. The highest BCUT2D eigenvalue weighted by Crippen LogP contribution is 2.13. The lowest BCUT2D eigenvalue weighted by atomic mass is 10.1. The van der Waals surface area contributed by atoms with Crippen LogP contribution >= 0.6 is 11.3 Å². The minimum Gasteiger partial charge on any atom is -0.484 e. The zero-order chi connectivity index (χ0) is 15.1. The molecule has 0 spiro atoms. The highest BCUT2D eigenvalue weighted by Gasteiger charge is 2.05. The van der Waals surface area contributed by atoms with Gasteiger partial charge in [-0.3, -0.25) is 9.59 Å². The number of nitrogens with one attached hydrogen (secondary N) is 1. The van der Waals surface area contributed by atoms with Crippen molar-refractivity contribution in [3.63, 3.8) is 0 Å². The molecule has 1 aromatic heterocycles. The third-order valence-corrected chi connectivity index (χ3v) is 3.78. The molecule has 0 saturated carbocycles. The Morgan fingerprint density at radius 2 is 1.95 bits per heavy atom. The first-order valence-electron chi connectivity index (χ1n) is 6.74. The van der Waals surface area contributed by atoms with E-state index in [-0.39, 0.29) is 18.3 Å². The molecular formula is C16H17NO3S. The number of amides is 1. The van der Waals surface area contributed by atoms with Crippen LogP contribution in [-0.4, -0.2) is 18.3 Å². The van der Waals surface area contributed by atoms with E-state index in [1.807, 2.05) is 24.4 Å². The summed E-state index contributed by atoms with van der Waals surface area (Å²) in [6.45, 7) is 2.31. The Hall–Kier alpha value is -2.14. The molecule has 0 aliphatic carbocycles.